The molecule has 1 aromatic heterocycles. The lowest BCUT2D eigenvalue weighted by molar-refractivity contribution is -0.131. The largest absolute Gasteiger partial charge is 0.493 e. The van der Waals surface area contributed by atoms with Gasteiger partial charge in [-0.1, -0.05) is 6.07 Å². The van der Waals surface area contributed by atoms with Gasteiger partial charge in [-0.2, -0.15) is 0 Å². The molecule has 5 rings (SSSR count). The molecule has 9 nitrogen and oxygen atoms in total. The molecule has 2 bridgehead atoms. The van der Waals surface area contributed by atoms with Crippen molar-refractivity contribution in [1.29, 1.82) is 0 Å². The third-order valence-electron chi connectivity index (χ3n) is 6.26. The lowest BCUT2D eigenvalue weighted by Gasteiger charge is -2.22. The first-order chi connectivity index (χ1) is 18.8. The van der Waals surface area contributed by atoms with E-state index in [4.69, 9.17) is 9.47 Å². The number of methoxy groups -OCH3 is 1. The van der Waals surface area contributed by atoms with E-state index in [1.165, 1.54) is 30.6 Å². The van der Waals surface area contributed by atoms with Gasteiger partial charge in [0.1, 0.15) is 11.6 Å². The predicted molar refractivity (Wildman–Crippen MR) is 145 cm³/mol. The first-order valence-electron chi connectivity index (χ1n) is 12.7. The van der Waals surface area contributed by atoms with Crippen molar-refractivity contribution < 1.29 is 28.2 Å². The third-order valence-corrected chi connectivity index (χ3v) is 7.08. The van der Waals surface area contributed by atoms with E-state index in [9.17, 15) is 18.8 Å². The molecule has 0 saturated carbocycles. The number of fused-ring (bicyclic) bond motifs is 13. The van der Waals surface area contributed by atoms with Crippen molar-refractivity contribution in [2.75, 3.05) is 26.7 Å². The van der Waals surface area contributed by atoms with Crippen LogP contribution in [-0.2, 0) is 22.6 Å². The number of aromatic nitrogens is 1. The standard InChI is InChI=1S/C28H31FN4O5S/c1-18-32-20(17-39-18)15-27(35)33-12-4-8-26(34)31-16-21-22(29)6-3-7-23(21)38-24-10-9-19(14-25(24)37-2)28(36)30-11-5-13-33/h3,6-7,9-10,14,17H,4-5,8,11-13,15-16H2,1-2H3,(H,30,36)(H,31,34). The number of amides is 3. The van der Waals surface area contributed by atoms with Crippen molar-refractivity contribution in [3.05, 3.63) is 69.4 Å². The van der Waals surface area contributed by atoms with E-state index in [0.29, 0.717) is 55.2 Å². The van der Waals surface area contributed by atoms with E-state index in [-0.39, 0.29) is 48.4 Å². The van der Waals surface area contributed by atoms with E-state index >= 15 is 0 Å². The molecule has 11 heteroatoms. The van der Waals surface area contributed by atoms with Gasteiger partial charge in [-0.25, -0.2) is 9.37 Å². The normalized spacial score (nSPS) is 15.2. The van der Waals surface area contributed by atoms with Crippen LogP contribution in [0.3, 0.4) is 0 Å². The highest BCUT2D eigenvalue weighted by Gasteiger charge is 2.19. The monoisotopic (exact) mass is 554 g/mol. The summed E-state index contributed by atoms with van der Waals surface area (Å²) in [5, 5.41) is 8.38. The van der Waals surface area contributed by atoms with Crippen molar-refractivity contribution in [2.45, 2.75) is 39.2 Å². The van der Waals surface area contributed by atoms with Gasteiger partial charge in [-0.05, 0) is 50.1 Å². The number of hydrogen-bond acceptors (Lipinski definition) is 7. The molecule has 3 amide bonds. The number of halogens is 1. The van der Waals surface area contributed by atoms with Crippen LogP contribution >= 0.6 is 11.3 Å². The quantitative estimate of drug-likeness (QED) is 0.507. The van der Waals surface area contributed by atoms with Gasteiger partial charge in [0, 0.05) is 49.1 Å². The number of nitrogens with one attached hydrogen (secondary N) is 2. The van der Waals surface area contributed by atoms with Crippen LogP contribution in [0.25, 0.3) is 0 Å². The summed E-state index contributed by atoms with van der Waals surface area (Å²) in [6.45, 7) is 2.95. The molecule has 0 unspecified atom stereocenters. The lowest BCUT2D eigenvalue weighted by atomic mass is 10.1. The molecular formula is C28H31FN4O5S. The Morgan fingerprint density at radius 2 is 1.97 bits per heavy atom. The maximum absolute atomic E-state index is 14.7. The number of ether oxygens (including phenoxy) is 2. The van der Waals surface area contributed by atoms with E-state index < -0.39 is 5.82 Å². The van der Waals surface area contributed by atoms with Crippen LogP contribution in [0.15, 0.2) is 41.8 Å². The number of thiazole rings is 1. The molecule has 2 aromatic carbocycles. The summed E-state index contributed by atoms with van der Waals surface area (Å²) in [5.41, 5.74) is 1.27. The number of hydrogen-bond donors (Lipinski definition) is 2. The zero-order valence-electron chi connectivity index (χ0n) is 21.9. The number of nitrogens with zero attached hydrogens (tertiary/aromatic N) is 2. The molecule has 39 heavy (non-hydrogen) atoms. The molecular weight excluding hydrogens is 523 g/mol. The molecule has 2 aliphatic rings. The molecule has 0 saturated heterocycles. The van der Waals surface area contributed by atoms with Gasteiger partial charge in [-0.3, -0.25) is 14.4 Å². The summed E-state index contributed by atoms with van der Waals surface area (Å²) in [6.07, 6.45) is 1.30. The Hall–Kier alpha value is -3.99. The first-order valence-corrected chi connectivity index (χ1v) is 13.6. The van der Waals surface area contributed by atoms with Gasteiger partial charge in [-0.15, -0.1) is 11.3 Å². The van der Waals surface area contributed by atoms with E-state index in [1.807, 2.05) is 12.3 Å². The van der Waals surface area contributed by atoms with Crippen LogP contribution in [0.2, 0.25) is 0 Å². The number of carbonyl (C=O) groups is 3. The van der Waals surface area contributed by atoms with Crippen LogP contribution < -0.4 is 20.1 Å². The fourth-order valence-electron chi connectivity index (χ4n) is 4.21. The molecule has 0 fully saturated rings. The second-order valence-corrected chi connectivity index (χ2v) is 10.2. The molecule has 0 atom stereocenters. The van der Waals surface area contributed by atoms with E-state index in [0.717, 1.165) is 5.01 Å². The Kier molecular flexibility index (Phi) is 9.48. The molecule has 0 aliphatic carbocycles. The smallest absolute Gasteiger partial charge is 0.251 e. The van der Waals surface area contributed by atoms with Crippen LogP contribution in [0.1, 0.15) is 45.9 Å². The molecule has 0 spiro atoms. The maximum atomic E-state index is 14.7. The van der Waals surface area contributed by atoms with Crippen molar-refractivity contribution in [3.63, 3.8) is 0 Å². The van der Waals surface area contributed by atoms with Crippen LogP contribution in [-0.4, -0.2) is 54.3 Å². The van der Waals surface area contributed by atoms with Crippen LogP contribution in [0.5, 0.6) is 17.2 Å². The minimum Gasteiger partial charge on any atom is -0.493 e. The van der Waals surface area contributed by atoms with Gasteiger partial charge in [0.15, 0.2) is 11.5 Å². The van der Waals surface area contributed by atoms with E-state index in [1.54, 1.807) is 29.2 Å². The highest BCUT2D eigenvalue weighted by molar-refractivity contribution is 7.09. The number of benzene rings is 2. The summed E-state index contributed by atoms with van der Waals surface area (Å²) in [6, 6.07) is 9.12. The van der Waals surface area contributed by atoms with Crippen molar-refractivity contribution in [3.8, 4) is 17.2 Å². The number of aryl methyl sites for hydroxylation is 1. The van der Waals surface area contributed by atoms with Crippen molar-refractivity contribution >= 4 is 29.1 Å². The Labute approximate surface area is 230 Å². The topological polar surface area (TPSA) is 110 Å². The fourth-order valence-corrected chi connectivity index (χ4v) is 4.83. The molecule has 2 N–H and O–H groups in total. The SMILES string of the molecule is COc1cc2ccc1Oc1cccc(F)c1CNC(=O)CCCN(C(=O)Cc1csc(C)n1)CCCNC2=O. The first kappa shape index (κ1) is 28.0. The number of carbonyl (C=O) groups excluding carboxylic acids is 3. The summed E-state index contributed by atoms with van der Waals surface area (Å²) < 4.78 is 26.1. The molecule has 0 radical (unpaired) electrons. The Bertz CT molecular complexity index is 1350. The zero-order valence-corrected chi connectivity index (χ0v) is 22.7. The van der Waals surface area contributed by atoms with Gasteiger partial charge >= 0.3 is 0 Å². The average Bonchev–Trinajstić information content (AvgIpc) is 3.33. The van der Waals surface area contributed by atoms with Gasteiger partial charge in [0.25, 0.3) is 5.91 Å². The van der Waals surface area contributed by atoms with Gasteiger partial charge in [0.2, 0.25) is 11.8 Å². The minimum absolute atomic E-state index is 0.0739. The molecule has 3 heterocycles. The third kappa shape index (κ3) is 7.53. The second kappa shape index (κ2) is 13.2. The Morgan fingerprint density at radius 1 is 1.15 bits per heavy atom. The molecule has 3 aromatic rings. The zero-order chi connectivity index (χ0) is 27.8. The van der Waals surface area contributed by atoms with Crippen molar-refractivity contribution in [2.24, 2.45) is 0 Å². The minimum atomic E-state index is -0.525. The van der Waals surface area contributed by atoms with E-state index in [2.05, 4.69) is 15.6 Å². The van der Waals surface area contributed by atoms with Gasteiger partial charge < -0.3 is 25.0 Å². The predicted octanol–water partition coefficient (Wildman–Crippen LogP) is 3.99. The summed E-state index contributed by atoms with van der Waals surface area (Å²) in [5.74, 6) is -0.357. The molecule has 206 valence electrons. The maximum Gasteiger partial charge on any atom is 0.251 e. The molecule has 2 aliphatic heterocycles. The average molecular weight is 555 g/mol. The van der Waals surface area contributed by atoms with Crippen LogP contribution in [0.4, 0.5) is 4.39 Å². The number of rotatable bonds is 3. The summed E-state index contributed by atoms with van der Waals surface area (Å²) in [4.78, 5) is 44.5. The fraction of sp³-hybridized carbons (Fsp3) is 0.357. The Balaban J connectivity index is 1.55. The second-order valence-electron chi connectivity index (χ2n) is 9.09. The van der Waals surface area contributed by atoms with Crippen molar-refractivity contribution in [1.82, 2.24) is 20.5 Å². The van der Waals surface area contributed by atoms with Crippen LogP contribution in [0, 0.1) is 12.7 Å². The summed E-state index contributed by atoms with van der Waals surface area (Å²) in [7, 11) is 1.45. The van der Waals surface area contributed by atoms with Gasteiger partial charge in [0.05, 0.1) is 24.2 Å². The Morgan fingerprint density at radius 3 is 2.74 bits per heavy atom. The lowest BCUT2D eigenvalue weighted by Crippen LogP contribution is -2.36. The highest BCUT2D eigenvalue weighted by atomic mass is 32.1. The summed E-state index contributed by atoms with van der Waals surface area (Å²) >= 11 is 1.49. The highest BCUT2D eigenvalue weighted by Crippen LogP contribution is 2.34.